The zero-order valence-electron chi connectivity index (χ0n) is 24.9. The van der Waals surface area contributed by atoms with Gasteiger partial charge in [-0.05, 0) is 73.2 Å². The maximum Gasteiger partial charge on any atom is 0.226 e. The van der Waals surface area contributed by atoms with Crippen molar-refractivity contribution in [1.82, 2.24) is 30.0 Å². The van der Waals surface area contributed by atoms with Gasteiger partial charge in [0.05, 0.1) is 23.8 Å². The first kappa shape index (κ1) is 28.5. The van der Waals surface area contributed by atoms with Crippen molar-refractivity contribution in [2.24, 2.45) is 0 Å². The molecule has 0 atom stereocenters. The number of rotatable bonds is 7. The Morgan fingerprint density at radius 3 is 2.42 bits per heavy atom. The molecule has 1 aliphatic rings. The number of fused-ring (bicyclic) bond motifs is 1. The van der Waals surface area contributed by atoms with E-state index in [-0.39, 0.29) is 22.9 Å². The third kappa shape index (κ3) is 5.69. The number of para-hydroxylation sites is 1. The molecule has 3 aromatic carbocycles. The molecule has 0 spiro atoms. The number of H-pyrrole nitrogens is 2. The number of carbonyl (C=O) groups is 1. The number of piperidine rings is 1. The second-order valence-corrected chi connectivity index (χ2v) is 11.9. The molecule has 9 heteroatoms. The van der Waals surface area contributed by atoms with E-state index in [2.05, 4.69) is 25.1 Å². The fourth-order valence-corrected chi connectivity index (χ4v) is 6.44. The summed E-state index contributed by atoms with van der Waals surface area (Å²) in [5.41, 5.74) is 5.63. The number of nitrogens with one attached hydrogen (secondary N) is 2. The lowest BCUT2D eigenvalue weighted by molar-refractivity contribution is -0.132. The smallest absolute Gasteiger partial charge is 0.226 e. The monoisotopic (exact) mass is 600 g/mol. The molecule has 0 unspecified atom stereocenters. The average molecular weight is 601 g/mol. The van der Waals surface area contributed by atoms with Gasteiger partial charge in [0.2, 0.25) is 5.91 Å². The summed E-state index contributed by atoms with van der Waals surface area (Å²) in [6, 6.07) is 24.0. The van der Waals surface area contributed by atoms with Crippen LogP contribution in [0.2, 0.25) is 0 Å². The van der Waals surface area contributed by atoms with Crippen LogP contribution in [0.5, 0.6) is 5.75 Å². The number of aromatic amines is 2. The minimum Gasteiger partial charge on any atom is -0.507 e. The Morgan fingerprint density at radius 1 is 0.978 bits per heavy atom. The molecule has 0 saturated carbocycles. The first-order valence-corrected chi connectivity index (χ1v) is 15.1. The van der Waals surface area contributed by atoms with Gasteiger partial charge in [0, 0.05) is 41.2 Å². The summed E-state index contributed by atoms with van der Waals surface area (Å²) in [6.07, 6.45) is 5.92. The fraction of sp³-hybridized carbons (Fsp3) is 0.222. The predicted molar refractivity (Wildman–Crippen MR) is 171 cm³/mol. The van der Waals surface area contributed by atoms with Crippen LogP contribution in [0.4, 0.5) is 4.39 Å². The van der Waals surface area contributed by atoms with Crippen LogP contribution in [0.15, 0.2) is 91.3 Å². The van der Waals surface area contributed by atoms with E-state index in [1.165, 1.54) is 12.1 Å². The Labute approximate surface area is 260 Å². The number of aryl methyl sites for hydroxylation is 1. The maximum absolute atomic E-state index is 13.6. The Bertz CT molecular complexity index is 1940. The predicted octanol–water partition coefficient (Wildman–Crippen LogP) is 6.51. The number of benzene rings is 3. The highest BCUT2D eigenvalue weighted by atomic mass is 19.1. The topological polar surface area (TPSA) is 111 Å². The lowest BCUT2D eigenvalue weighted by atomic mass is 9.73. The van der Waals surface area contributed by atoms with Gasteiger partial charge in [-0.3, -0.25) is 14.9 Å². The molecule has 1 saturated heterocycles. The molecule has 0 radical (unpaired) electrons. The van der Waals surface area contributed by atoms with Gasteiger partial charge in [0.25, 0.3) is 0 Å². The molecule has 4 heterocycles. The molecule has 3 N–H and O–H groups in total. The van der Waals surface area contributed by atoms with E-state index >= 15 is 0 Å². The molecule has 0 aliphatic carbocycles. The average Bonchev–Trinajstić information content (AvgIpc) is 3.70. The molecule has 8 nitrogen and oxygen atoms in total. The van der Waals surface area contributed by atoms with E-state index in [9.17, 15) is 14.3 Å². The Kier molecular flexibility index (Phi) is 7.37. The Morgan fingerprint density at radius 2 is 1.71 bits per heavy atom. The van der Waals surface area contributed by atoms with Gasteiger partial charge in [0.1, 0.15) is 17.4 Å². The minimum atomic E-state index is -0.332. The normalized spacial score (nSPS) is 14.6. The molecule has 6 aromatic rings. The highest BCUT2D eigenvalue weighted by Gasteiger charge is 2.40. The molecule has 45 heavy (non-hydrogen) atoms. The standard InChI is InChI=1S/C36H33FN6O2/c1-23-39-35(42-41-23)36(21-25-7-11-28(37)12-8-25)14-17-43(18-15-36)33(44)19-24-5-9-26(10-6-24)29-3-2-4-30(34(29)45)31-20-27-13-16-38-22-32(27)40-31/h2-13,16,20,22,40,45H,14-15,17-19,21H2,1H3,(H,39,41,42). The maximum atomic E-state index is 13.6. The highest BCUT2D eigenvalue weighted by molar-refractivity contribution is 5.89. The number of hydrogen-bond donors (Lipinski definition) is 3. The molecule has 7 rings (SSSR count). The van der Waals surface area contributed by atoms with Crippen molar-refractivity contribution < 1.29 is 14.3 Å². The summed E-state index contributed by atoms with van der Waals surface area (Å²) < 4.78 is 13.6. The third-order valence-electron chi connectivity index (χ3n) is 8.97. The number of phenols is 1. The van der Waals surface area contributed by atoms with Crippen LogP contribution in [0.25, 0.3) is 33.3 Å². The summed E-state index contributed by atoms with van der Waals surface area (Å²) in [5, 5.41) is 19.7. The second-order valence-electron chi connectivity index (χ2n) is 11.9. The first-order valence-electron chi connectivity index (χ1n) is 15.1. The molecule has 226 valence electrons. The van der Waals surface area contributed by atoms with E-state index < -0.39 is 0 Å². The number of pyridine rings is 1. The van der Waals surface area contributed by atoms with Crippen molar-refractivity contribution in [3.8, 4) is 28.1 Å². The number of halogens is 1. The third-order valence-corrected chi connectivity index (χ3v) is 8.97. The van der Waals surface area contributed by atoms with Crippen LogP contribution in [0.3, 0.4) is 0 Å². The number of hydrogen-bond acceptors (Lipinski definition) is 5. The van der Waals surface area contributed by atoms with E-state index in [0.717, 1.165) is 63.3 Å². The summed E-state index contributed by atoms with van der Waals surface area (Å²) in [5.74, 6) is 1.51. The molecule has 0 bridgehead atoms. The Balaban J connectivity index is 1.04. The van der Waals surface area contributed by atoms with Gasteiger partial charge in [-0.15, -0.1) is 0 Å². The lowest BCUT2D eigenvalue weighted by Crippen LogP contribution is -2.47. The SMILES string of the molecule is Cc1nc(C2(Cc3ccc(F)cc3)CCN(C(=O)Cc3ccc(-c4cccc(-c5cc6ccncc6[nH]5)c4O)cc3)CC2)n[nH]1. The molecule has 1 fully saturated rings. The zero-order valence-corrected chi connectivity index (χ0v) is 24.9. The number of nitrogens with zero attached hydrogens (tertiary/aromatic N) is 4. The molecular formula is C36H33FN6O2. The summed E-state index contributed by atoms with van der Waals surface area (Å²) >= 11 is 0. The van der Waals surface area contributed by atoms with Crippen LogP contribution in [0, 0.1) is 12.7 Å². The summed E-state index contributed by atoms with van der Waals surface area (Å²) in [4.78, 5) is 27.5. The fourth-order valence-electron chi connectivity index (χ4n) is 6.44. The zero-order chi connectivity index (χ0) is 31.0. The van der Waals surface area contributed by atoms with Crippen LogP contribution in [-0.2, 0) is 23.1 Å². The number of amides is 1. The van der Waals surface area contributed by atoms with E-state index in [1.54, 1.807) is 12.4 Å². The van der Waals surface area contributed by atoms with Crippen molar-refractivity contribution in [2.45, 2.75) is 38.0 Å². The number of aromatic nitrogens is 5. The van der Waals surface area contributed by atoms with E-state index in [0.29, 0.717) is 31.5 Å². The van der Waals surface area contributed by atoms with Gasteiger partial charge < -0.3 is 15.0 Å². The summed E-state index contributed by atoms with van der Waals surface area (Å²) in [7, 11) is 0. The number of phenolic OH excluding ortho intramolecular Hbond substituents is 1. The van der Waals surface area contributed by atoms with Gasteiger partial charge >= 0.3 is 0 Å². The molecule has 3 aromatic heterocycles. The van der Waals surface area contributed by atoms with Crippen molar-refractivity contribution in [3.63, 3.8) is 0 Å². The van der Waals surface area contributed by atoms with Crippen LogP contribution in [0.1, 0.15) is 35.6 Å². The highest BCUT2D eigenvalue weighted by Crippen LogP contribution is 2.39. The van der Waals surface area contributed by atoms with E-state index in [4.69, 9.17) is 0 Å². The number of likely N-dealkylation sites (tertiary alicyclic amines) is 1. The Hall–Kier alpha value is -5.31. The molecule has 1 aliphatic heterocycles. The van der Waals surface area contributed by atoms with Crippen molar-refractivity contribution in [2.75, 3.05) is 13.1 Å². The van der Waals surface area contributed by atoms with Crippen molar-refractivity contribution in [3.05, 3.63) is 120 Å². The van der Waals surface area contributed by atoms with Gasteiger partial charge in [0.15, 0.2) is 5.82 Å². The van der Waals surface area contributed by atoms with Crippen molar-refractivity contribution >= 4 is 16.8 Å². The van der Waals surface area contributed by atoms with Gasteiger partial charge in [-0.1, -0.05) is 48.5 Å². The number of aromatic hydroxyl groups is 1. The van der Waals surface area contributed by atoms with Gasteiger partial charge in [-0.2, -0.15) is 5.10 Å². The molecule has 1 amide bonds. The molecular weight excluding hydrogens is 567 g/mol. The van der Waals surface area contributed by atoms with Crippen LogP contribution in [-0.4, -0.2) is 54.2 Å². The van der Waals surface area contributed by atoms with Crippen molar-refractivity contribution in [1.29, 1.82) is 0 Å². The first-order chi connectivity index (χ1) is 21.9. The minimum absolute atomic E-state index is 0.0717. The lowest BCUT2D eigenvalue weighted by Gasteiger charge is -2.40. The quantitative estimate of drug-likeness (QED) is 0.193. The summed E-state index contributed by atoms with van der Waals surface area (Å²) in [6.45, 7) is 3.07. The largest absolute Gasteiger partial charge is 0.507 e. The second kappa shape index (κ2) is 11.6. The van der Waals surface area contributed by atoms with Crippen LogP contribution >= 0.6 is 0 Å². The number of carbonyl (C=O) groups excluding carboxylic acids is 1. The van der Waals surface area contributed by atoms with Crippen LogP contribution < -0.4 is 0 Å². The van der Waals surface area contributed by atoms with E-state index in [1.807, 2.05) is 78.6 Å². The van der Waals surface area contributed by atoms with Gasteiger partial charge in [-0.25, -0.2) is 9.37 Å².